The number of aliphatic imine (C=N–C) groups is 2. The third-order valence-corrected chi connectivity index (χ3v) is 3.64. The molecule has 8 nitrogen and oxygen atoms in total. The van der Waals surface area contributed by atoms with E-state index in [1.807, 2.05) is 0 Å². The maximum absolute atomic E-state index is 10.5. The summed E-state index contributed by atoms with van der Waals surface area (Å²) in [5.41, 5.74) is 0. The van der Waals surface area contributed by atoms with Gasteiger partial charge in [0, 0.05) is 12.2 Å². The van der Waals surface area contributed by atoms with E-state index in [-0.39, 0.29) is 30.0 Å². The largest absolute Gasteiger partial charge is 0.748 e. The molecule has 0 spiro atoms. The van der Waals surface area contributed by atoms with Crippen molar-refractivity contribution < 1.29 is 27.0 Å². The lowest BCUT2D eigenvalue weighted by Gasteiger charge is -2.36. The molecule has 0 aromatic carbocycles. The predicted octanol–water partition coefficient (Wildman–Crippen LogP) is -0.962. The average molecular weight is 291 g/mol. The maximum Gasteiger partial charge on any atom is 0.235 e. The first-order valence-corrected chi connectivity index (χ1v) is 7.14. The van der Waals surface area contributed by atoms with Gasteiger partial charge in [0.1, 0.15) is 19.1 Å². The summed E-state index contributed by atoms with van der Waals surface area (Å²) in [5.74, 6) is -0.449. The Balaban J connectivity index is 4.65. The van der Waals surface area contributed by atoms with E-state index < -0.39 is 15.9 Å². The first kappa shape index (κ1) is 17.6. The van der Waals surface area contributed by atoms with E-state index in [1.54, 1.807) is 14.1 Å². The van der Waals surface area contributed by atoms with Gasteiger partial charge in [0.15, 0.2) is 0 Å². The first-order valence-electron chi connectivity index (χ1n) is 5.56. The Bertz CT molecular complexity index is 455. The normalized spacial score (nSPS) is 13.2. The molecule has 0 bridgehead atoms. The van der Waals surface area contributed by atoms with Crippen LogP contribution in [0.5, 0.6) is 0 Å². The van der Waals surface area contributed by atoms with Crippen molar-refractivity contribution in [3.63, 3.8) is 0 Å². The van der Waals surface area contributed by atoms with Crippen molar-refractivity contribution in [2.75, 3.05) is 39.5 Å². The highest BCUT2D eigenvalue weighted by molar-refractivity contribution is 7.85. The molecular formula is C10H17N3O5S. The molecule has 0 amide bonds. The van der Waals surface area contributed by atoms with Crippen molar-refractivity contribution >= 4 is 22.3 Å². The molecule has 9 heteroatoms. The number of hydrogen-bond donors (Lipinski definition) is 0. The smallest absolute Gasteiger partial charge is 0.235 e. The summed E-state index contributed by atoms with van der Waals surface area (Å²) in [7, 11) is -0.677. The number of quaternary nitrogens is 1. The van der Waals surface area contributed by atoms with Gasteiger partial charge in [0.05, 0.1) is 30.8 Å². The molecule has 0 saturated carbocycles. The van der Waals surface area contributed by atoms with Crippen molar-refractivity contribution in [3.8, 4) is 0 Å². The number of rotatable bonds is 9. The zero-order valence-corrected chi connectivity index (χ0v) is 11.7. The van der Waals surface area contributed by atoms with E-state index in [2.05, 4.69) is 9.98 Å². The second-order valence-electron chi connectivity index (χ2n) is 4.64. The molecule has 0 aromatic heterocycles. The van der Waals surface area contributed by atoms with E-state index in [1.165, 1.54) is 12.2 Å². The van der Waals surface area contributed by atoms with E-state index in [0.29, 0.717) is 6.54 Å². The van der Waals surface area contributed by atoms with Crippen LogP contribution in [-0.4, -0.2) is 75.1 Å². The molecule has 19 heavy (non-hydrogen) atoms. The zero-order chi connectivity index (χ0) is 14.9. The van der Waals surface area contributed by atoms with Crippen molar-refractivity contribution in [2.45, 2.75) is 12.5 Å². The van der Waals surface area contributed by atoms with Gasteiger partial charge in [-0.05, 0) is 0 Å². The fourth-order valence-corrected chi connectivity index (χ4v) is 2.10. The highest BCUT2D eigenvalue weighted by Gasteiger charge is 2.27. The Labute approximate surface area is 112 Å². The van der Waals surface area contributed by atoms with Crippen molar-refractivity contribution in [1.29, 1.82) is 0 Å². The Morgan fingerprint density at radius 3 is 2.00 bits per heavy atom. The van der Waals surface area contributed by atoms with Gasteiger partial charge in [-0.15, -0.1) is 0 Å². The van der Waals surface area contributed by atoms with Crippen LogP contribution in [0.2, 0.25) is 0 Å². The van der Waals surface area contributed by atoms with Gasteiger partial charge in [-0.1, -0.05) is 0 Å². The van der Waals surface area contributed by atoms with Crippen molar-refractivity contribution in [1.82, 2.24) is 0 Å². The summed E-state index contributed by atoms with van der Waals surface area (Å²) in [6, 6.07) is -0.280. The van der Waals surface area contributed by atoms with Crippen LogP contribution >= 0.6 is 0 Å². The Morgan fingerprint density at radius 2 is 1.63 bits per heavy atom. The van der Waals surface area contributed by atoms with Gasteiger partial charge < -0.3 is 9.04 Å². The predicted molar refractivity (Wildman–Crippen MR) is 65.9 cm³/mol. The lowest BCUT2D eigenvalue weighted by molar-refractivity contribution is -0.911. The fourth-order valence-electron chi connectivity index (χ4n) is 1.62. The lowest BCUT2D eigenvalue weighted by Crippen LogP contribution is -2.52. The molecule has 0 rings (SSSR count). The monoisotopic (exact) mass is 291 g/mol. The molecule has 108 valence electrons. The minimum atomic E-state index is -4.24. The molecule has 0 heterocycles. The summed E-state index contributed by atoms with van der Waals surface area (Å²) in [6.07, 6.45) is 3.00. The molecule has 0 saturated heterocycles. The second-order valence-corrected chi connectivity index (χ2v) is 6.16. The van der Waals surface area contributed by atoms with Crippen LogP contribution in [-0.2, 0) is 19.7 Å². The third-order valence-electron chi connectivity index (χ3n) is 2.85. The first-order chi connectivity index (χ1) is 8.73. The van der Waals surface area contributed by atoms with Crippen LogP contribution in [0.15, 0.2) is 9.98 Å². The molecule has 0 aliphatic carbocycles. The van der Waals surface area contributed by atoms with E-state index >= 15 is 0 Å². The van der Waals surface area contributed by atoms with E-state index in [9.17, 15) is 22.6 Å². The Hall–Kier alpha value is -1.37. The van der Waals surface area contributed by atoms with Crippen LogP contribution < -0.4 is 0 Å². The van der Waals surface area contributed by atoms with Gasteiger partial charge >= 0.3 is 0 Å². The Kier molecular flexibility index (Phi) is 7.36. The van der Waals surface area contributed by atoms with Crippen LogP contribution in [0.3, 0.4) is 0 Å². The van der Waals surface area contributed by atoms with Gasteiger partial charge in [-0.3, -0.25) is 0 Å². The van der Waals surface area contributed by atoms with Crippen molar-refractivity contribution in [2.24, 2.45) is 9.98 Å². The summed E-state index contributed by atoms with van der Waals surface area (Å²) >= 11 is 0. The van der Waals surface area contributed by atoms with Gasteiger partial charge in [-0.2, -0.15) is 9.98 Å². The van der Waals surface area contributed by atoms with Crippen molar-refractivity contribution in [3.05, 3.63) is 0 Å². The topological polar surface area (TPSA) is 116 Å². The van der Waals surface area contributed by atoms with E-state index in [4.69, 9.17) is 0 Å². The standard InChI is InChI=1S/C10H17N3O5S/c1-13(2,4-3-5-19(16,17)18)10(6-11-8-14)7-12-9-15/h10H,3-7H2,1-2H3. The van der Waals surface area contributed by atoms with Gasteiger partial charge in [0.2, 0.25) is 12.2 Å². The Morgan fingerprint density at radius 1 is 1.16 bits per heavy atom. The lowest BCUT2D eigenvalue weighted by atomic mass is 10.2. The van der Waals surface area contributed by atoms with E-state index in [0.717, 1.165) is 0 Å². The quantitative estimate of drug-likeness (QED) is 0.235. The third kappa shape index (κ3) is 8.36. The molecule has 0 fully saturated rings. The van der Waals surface area contributed by atoms with Crippen LogP contribution in [0.4, 0.5) is 0 Å². The van der Waals surface area contributed by atoms with Crippen LogP contribution in [0.25, 0.3) is 0 Å². The van der Waals surface area contributed by atoms with Gasteiger partial charge in [0.25, 0.3) is 0 Å². The number of likely N-dealkylation sites (N-methyl/N-ethyl adjacent to an activating group) is 1. The zero-order valence-electron chi connectivity index (χ0n) is 10.9. The van der Waals surface area contributed by atoms with Crippen LogP contribution in [0.1, 0.15) is 6.42 Å². The number of isocyanates is 2. The molecule has 0 unspecified atom stereocenters. The minimum Gasteiger partial charge on any atom is -0.748 e. The number of hydrogen-bond acceptors (Lipinski definition) is 7. The highest BCUT2D eigenvalue weighted by Crippen LogP contribution is 2.10. The minimum absolute atomic E-state index is 0.117. The molecule has 0 aliphatic rings. The molecule has 0 radical (unpaired) electrons. The second kappa shape index (κ2) is 7.93. The highest BCUT2D eigenvalue weighted by atomic mass is 32.2. The number of nitrogens with zero attached hydrogens (tertiary/aromatic N) is 3. The summed E-state index contributed by atoms with van der Waals surface area (Å²) < 4.78 is 31.9. The fraction of sp³-hybridized carbons (Fsp3) is 0.800. The molecular weight excluding hydrogens is 274 g/mol. The summed E-state index contributed by atoms with van der Waals surface area (Å²) in [5, 5.41) is 0. The average Bonchev–Trinajstić information content (AvgIpc) is 2.26. The molecule has 0 atom stereocenters. The molecule has 0 aromatic rings. The molecule has 0 aliphatic heterocycles. The van der Waals surface area contributed by atoms with Crippen LogP contribution in [0, 0.1) is 0 Å². The SMILES string of the molecule is C[N+](C)(CCCS(=O)(=O)[O-])C(CN=C=O)CN=C=O. The summed E-state index contributed by atoms with van der Waals surface area (Å²) in [6.45, 7) is 0.618. The number of carbonyl (C=O) groups excluding carboxylic acids is 2. The van der Waals surface area contributed by atoms with Gasteiger partial charge in [-0.25, -0.2) is 18.0 Å². The molecule has 0 N–H and O–H groups in total. The maximum atomic E-state index is 10.5. The summed E-state index contributed by atoms with van der Waals surface area (Å²) in [4.78, 5) is 27.2.